The number of ether oxygens (including phenoxy) is 3. The van der Waals surface area contributed by atoms with Gasteiger partial charge in [-0.15, -0.1) is 0 Å². The molecule has 3 atom stereocenters. The molecule has 51 heavy (non-hydrogen) atoms. The number of aromatic nitrogens is 3. The average Bonchev–Trinajstić information content (AvgIpc) is 3.45. The van der Waals surface area contributed by atoms with E-state index < -0.39 is 17.2 Å². The fourth-order valence-corrected chi connectivity index (χ4v) is 8.69. The number of phenols is 1. The van der Waals surface area contributed by atoms with Gasteiger partial charge < -0.3 is 29.3 Å². The number of hydrogen-bond donors (Lipinski definition) is 2. The first-order valence-corrected chi connectivity index (χ1v) is 18.1. The first kappa shape index (κ1) is 35.7. The van der Waals surface area contributed by atoms with Gasteiger partial charge >= 0.3 is 6.01 Å². The number of phenolic OH excluding ortho intramolecular Hbond substituents is 1. The highest BCUT2D eigenvalue weighted by Crippen LogP contribution is 2.48. The van der Waals surface area contributed by atoms with Gasteiger partial charge in [0.2, 0.25) is 0 Å². The molecule has 4 heterocycles. The van der Waals surface area contributed by atoms with Gasteiger partial charge in [0.1, 0.15) is 34.2 Å². The SMILES string of the molecule is CCc1c(F)ccc2cc(O)cc(-c3ncc4c(N5CCOCC(C)(O)C5)nc(OCC56CCCC5N(CC(C)(C)OC)CCC6)nc4c3F)c12. The molecule has 2 aliphatic heterocycles. The maximum atomic E-state index is 17.1. The van der Waals surface area contributed by atoms with Crippen LogP contribution in [0.2, 0.25) is 0 Å². The number of methoxy groups -OCH3 is 1. The van der Waals surface area contributed by atoms with Crippen molar-refractivity contribution in [2.75, 3.05) is 58.0 Å². The van der Waals surface area contributed by atoms with E-state index in [1.165, 1.54) is 24.4 Å². The van der Waals surface area contributed by atoms with Crippen LogP contribution in [0.25, 0.3) is 32.9 Å². The summed E-state index contributed by atoms with van der Waals surface area (Å²) in [6.45, 7) is 11.0. The van der Waals surface area contributed by atoms with Crippen molar-refractivity contribution in [2.24, 2.45) is 5.41 Å². The third-order valence-electron chi connectivity index (χ3n) is 11.2. The Bertz CT molecular complexity index is 1940. The average molecular weight is 706 g/mol. The molecule has 2 N–H and O–H groups in total. The molecule has 0 bridgehead atoms. The van der Waals surface area contributed by atoms with E-state index in [4.69, 9.17) is 19.2 Å². The number of aliphatic hydroxyl groups is 1. The van der Waals surface area contributed by atoms with Crippen LogP contribution in [0, 0.1) is 17.0 Å². The summed E-state index contributed by atoms with van der Waals surface area (Å²) in [5.74, 6) is -0.857. The van der Waals surface area contributed by atoms with Crippen LogP contribution in [-0.4, -0.2) is 100 Å². The lowest BCUT2D eigenvalue weighted by Gasteiger charge is -2.48. The summed E-state index contributed by atoms with van der Waals surface area (Å²) in [5, 5.41) is 23.1. The van der Waals surface area contributed by atoms with Crippen LogP contribution in [-0.2, 0) is 15.9 Å². The fraction of sp³-hybridized carbons (Fsp3) is 0.564. The van der Waals surface area contributed by atoms with Crippen molar-refractivity contribution in [2.45, 2.75) is 83.5 Å². The van der Waals surface area contributed by atoms with Crippen LogP contribution in [0.1, 0.15) is 65.4 Å². The van der Waals surface area contributed by atoms with E-state index in [2.05, 4.69) is 28.7 Å². The van der Waals surface area contributed by atoms with E-state index in [1.54, 1.807) is 20.1 Å². The number of benzene rings is 2. The summed E-state index contributed by atoms with van der Waals surface area (Å²) >= 11 is 0. The van der Waals surface area contributed by atoms with Crippen molar-refractivity contribution in [3.8, 4) is 23.0 Å². The second kappa shape index (κ2) is 13.7. The number of β-amino-alcohol motifs (C(OH)–C–C–N with tert-alkyl or cyclic N) is 1. The minimum atomic E-state index is -1.18. The smallest absolute Gasteiger partial charge is 0.319 e. The van der Waals surface area contributed by atoms with E-state index in [0.29, 0.717) is 59.8 Å². The normalized spacial score (nSPS) is 24.6. The van der Waals surface area contributed by atoms with E-state index in [1.807, 2.05) is 11.8 Å². The van der Waals surface area contributed by atoms with Gasteiger partial charge in [-0.3, -0.25) is 9.88 Å². The van der Waals surface area contributed by atoms with Gasteiger partial charge in [0.25, 0.3) is 0 Å². The van der Waals surface area contributed by atoms with Crippen molar-refractivity contribution < 1.29 is 33.2 Å². The Hall–Kier alpha value is -3.71. The number of pyridine rings is 1. The molecule has 274 valence electrons. The summed E-state index contributed by atoms with van der Waals surface area (Å²) < 4.78 is 50.2. The predicted octanol–water partition coefficient (Wildman–Crippen LogP) is 6.42. The summed E-state index contributed by atoms with van der Waals surface area (Å²) in [6.07, 6.45) is 7.09. The number of halogens is 2. The van der Waals surface area contributed by atoms with E-state index in [-0.39, 0.29) is 52.7 Å². The first-order chi connectivity index (χ1) is 24.3. The number of anilines is 1. The molecule has 2 aromatic heterocycles. The number of nitrogens with zero attached hydrogens (tertiary/aromatic N) is 5. The van der Waals surface area contributed by atoms with Gasteiger partial charge in [-0.25, -0.2) is 8.78 Å². The zero-order valence-electron chi connectivity index (χ0n) is 30.3. The number of aromatic hydroxyl groups is 1. The van der Waals surface area contributed by atoms with Crippen molar-refractivity contribution in [3.63, 3.8) is 0 Å². The minimum Gasteiger partial charge on any atom is -0.508 e. The van der Waals surface area contributed by atoms with Gasteiger partial charge in [-0.2, -0.15) is 9.97 Å². The molecule has 2 saturated heterocycles. The van der Waals surface area contributed by atoms with Crippen LogP contribution in [0.3, 0.4) is 0 Å². The van der Waals surface area contributed by atoms with Crippen molar-refractivity contribution in [1.29, 1.82) is 0 Å². The predicted molar refractivity (Wildman–Crippen MR) is 192 cm³/mol. The van der Waals surface area contributed by atoms with Gasteiger partial charge in [0, 0.05) is 43.4 Å². The molecule has 1 saturated carbocycles. The molecule has 10 nitrogen and oxygen atoms in total. The Balaban J connectivity index is 1.33. The molecule has 3 aliphatic rings. The highest BCUT2D eigenvalue weighted by atomic mass is 19.1. The molecular formula is C39H49F2N5O5. The van der Waals surface area contributed by atoms with Gasteiger partial charge in [0.05, 0.1) is 37.4 Å². The maximum absolute atomic E-state index is 17.1. The highest BCUT2D eigenvalue weighted by Gasteiger charge is 2.49. The number of rotatable bonds is 9. The van der Waals surface area contributed by atoms with Crippen molar-refractivity contribution in [3.05, 3.63) is 47.7 Å². The Kier molecular flexibility index (Phi) is 9.58. The largest absolute Gasteiger partial charge is 0.508 e. The molecule has 2 aromatic carbocycles. The van der Waals surface area contributed by atoms with Crippen molar-refractivity contribution in [1.82, 2.24) is 19.9 Å². The third kappa shape index (κ3) is 6.83. The van der Waals surface area contributed by atoms with Crippen LogP contribution in [0.4, 0.5) is 14.6 Å². The monoisotopic (exact) mass is 705 g/mol. The number of piperidine rings is 1. The number of aryl methyl sites for hydroxylation is 1. The molecule has 0 radical (unpaired) electrons. The van der Waals surface area contributed by atoms with Crippen LogP contribution < -0.4 is 9.64 Å². The van der Waals surface area contributed by atoms with Crippen LogP contribution in [0.5, 0.6) is 11.8 Å². The lowest BCUT2D eigenvalue weighted by atomic mass is 9.75. The van der Waals surface area contributed by atoms with Gasteiger partial charge in [-0.05, 0) is 94.0 Å². The molecule has 3 fully saturated rings. The van der Waals surface area contributed by atoms with Crippen LogP contribution >= 0.6 is 0 Å². The molecule has 0 amide bonds. The highest BCUT2D eigenvalue weighted by molar-refractivity contribution is 6.01. The molecule has 12 heteroatoms. The zero-order chi connectivity index (χ0) is 36.1. The summed E-state index contributed by atoms with van der Waals surface area (Å²) in [7, 11) is 1.75. The molecule has 4 aromatic rings. The summed E-state index contributed by atoms with van der Waals surface area (Å²) in [4.78, 5) is 18.5. The maximum Gasteiger partial charge on any atom is 0.319 e. The number of fused-ring (bicyclic) bond motifs is 3. The molecule has 3 unspecified atom stereocenters. The number of hydrogen-bond acceptors (Lipinski definition) is 10. The molecule has 7 rings (SSSR count). The summed E-state index contributed by atoms with van der Waals surface area (Å²) in [6, 6.07) is 6.24. The number of likely N-dealkylation sites (tertiary alicyclic amines) is 1. The standard InChI is InChI=1S/C39H49F2N5O5/c1-6-26-29(40)11-10-24-17-25(47)18-27(31(24)26)33-32(41)34-28(19-42-33)35(46-15-16-50-22-38(4,48)21-46)44-36(43-34)51-23-39-12-7-9-30(39)45(14-8-13-39)20-37(2,3)49-5/h10-11,17-19,30,47-48H,6-9,12-16,20-23H2,1-5H3. The fourth-order valence-electron chi connectivity index (χ4n) is 8.69. The molecular weight excluding hydrogens is 656 g/mol. The Morgan fingerprint density at radius 1 is 1.12 bits per heavy atom. The zero-order valence-corrected chi connectivity index (χ0v) is 30.3. The Morgan fingerprint density at radius 2 is 1.92 bits per heavy atom. The van der Waals surface area contributed by atoms with Gasteiger partial charge in [-0.1, -0.05) is 19.4 Å². The summed E-state index contributed by atoms with van der Waals surface area (Å²) in [5.41, 5.74) is -0.975. The molecule has 0 spiro atoms. The second-order valence-electron chi connectivity index (χ2n) is 15.6. The van der Waals surface area contributed by atoms with E-state index >= 15 is 8.78 Å². The Morgan fingerprint density at radius 3 is 2.71 bits per heavy atom. The van der Waals surface area contributed by atoms with Crippen molar-refractivity contribution >= 4 is 27.5 Å². The Labute approximate surface area is 297 Å². The van der Waals surface area contributed by atoms with Gasteiger partial charge in [0.15, 0.2) is 5.82 Å². The van der Waals surface area contributed by atoms with E-state index in [0.717, 1.165) is 45.2 Å². The van der Waals surface area contributed by atoms with Crippen LogP contribution in [0.15, 0.2) is 30.5 Å². The quantitative estimate of drug-likeness (QED) is 0.202. The third-order valence-corrected chi connectivity index (χ3v) is 11.2. The first-order valence-electron chi connectivity index (χ1n) is 18.1. The minimum absolute atomic E-state index is 0.0108. The topological polar surface area (TPSA) is 113 Å². The lowest BCUT2D eigenvalue weighted by molar-refractivity contribution is -0.0592. The molecule has 1 aliphatic carbocycles. The second-order valence-corrected chi connectivity index (χ2v) is 15.6. The van der Waals surface area contributed by atoms with E-state index in [9.17, 15) is 10.2 Å². The lowest BCUT2D eigenvalue weighted by Crippen LogP contribution is -2.55.